The third-order valence-electron chi connectivity index (χ3n) is 6.36. The van der Waals surface area contributed by atoms with Crippen molar-refractivity contribution < 1.29 is 4.42 Å². The molecule has 0 spiro atoms. The third-order valence-corrected chi connectivity index (χ3v) is 6.36. The van der Waals surface area contributed by atoms with E-state index in [1.54, 1.807) is 6.26 Å². The summed E-state index contributed by atoms with van der Waals surface area (Å²) < 4.78 is 5.10. The van der Waals surface area contributed by atoms with Crippen LogP contribution >= 0.6 is 0 Å². The lowest BCUT2D eigenvalue weighted by Gasteiger charge is -2.03. The molecular formula is C34H52O. The minimum absolute atomic E-state index is 1.07. The standard InChI is InChI=1S/C34H52O/c1-29(2)16-12-18-31(4)20-14-22-33(6)24-15-23-32(5)21-13-19-30(3)17-10-8-7-9-11-25-34-26-27-35-28-34/h7,9,16-17,20-21,24,26-28H,8,10-15,18-19,22-23,25H2,1-6H3. The van der Waals surface area contributed by atoms with Crippen molar-refractivity contribution in [1.82, 2.24) is 0 Å². The highest BCUT2D eigenvalue weighted by Crippen LogP contribution is 2.15. The normalized spacial score (nSPS) is 13.7. The number of furan rings is 1. The van der Waals surface area contributed by atoms with Crippen LogP contribution in [0.4, 0.5) is 0 Å². The second-order valence-corrected chi connectivity index (χ2v) is 10.4. The SMILES string of the molecule is CC(C)=CCCC(C)=CCCC(C)=CCCC(C)=CCCC(C)=CCCC=CCCc1ccoc1. The van der Waals surface area contributed by atoms with Crippen molar-refractivity contribution in [2.45, 2.75) is 119 Å². The molecule has 1 aromatic rings. The fourth-order valence-electron chi connectivity index (χ4n) is 3.98. The summed E-state index contributed by atoms with van der Waals surface area (Å²) in [5, 5.41) is 0. The lowest BCUT2D eigenvalue weighted by atomic mass is 10.0. The third kappa shape index (κ3) is 18.7. The molecule has 0 aliphatic heterocycles. The summed E-state index contributed by atoms with van der Waals surface area (Å²) in [4.78, 5) is 0. The van der Waals surface area contributed by atoms with Gasteiger partial charge in [0.15, 0.2) is 0 Å². The van der Waals surface area contributed by atoms with Crippen molar-refractivity contribution in [1.29, 1.82) is 0 Å². The minimum Gasteiger partial charge on any atom is -0.472 e. The van der Waals surface area contributed by atoms with Gasteiger partial charge in [-0.2, -0.15) is 0 Å². The molecule has 0 aliphatic rings. The van der Waals surface area contributed by atoms with Gasteiger partial charge >= 0.3 is 0 Å². The number of hydrogen-bond acceptors (Lipinski definition) is 1. The zero-order chi connectivity index (χ0) is 25.7. The van der Waals surface area contributed by atoms with Crippen molar-refractivity contribution >= 4 is 0 Å². The van der Waals surface area contributed by atoms with Crippen LogP contribution in [0, 0.1) is 0 Å². The van der Waals surface area contributed by atoms with Crippen LogP contribution in [0.3, 0.4) is 0 Å². The topological polar surface area (TPSA) is 13.1 Å². The molecule has 0 N–H and O–H groups in total. The highest BCUT2D eigenvalue weighted by atomic mass is 16.3. The molecule has 1 heterocycles. The van der Waals surface area contributed by atoms with Gasteiger partial charge in [-0.15, -0.1) is 0 Å². The minimum atomic E-state index is 1.07. The van der Waals surface area contributed by atoms with E-state index in [4.69, 9.17) is 4.42 Å². The van der Waals surface area contributed by atoms with Crippen LogP contribution < -0.4 is 0 Å². The molecule has 1 nitrogen and oxygen atoms in total. The molecule has 0 amide bonds. The predicted molar refractivity (Wildman–Crippen MR) is 157 cm³/mol. The van der Waals surface area contributed by atoms with Crippen LogP contribution in [0.15, 0.2) is 93.4 Å². The molecule has 0 radical (unpaired) electrons. The Balaban J connectivity index is 2.13. The van der Waals surface area contributed by atoms with Crippen LogP contribution in [0.5, 0.6) is 0 Å². The molecule has 1 heteroatoms. The molecule has 0 saturated heterocycles. The lowest BCUT2D eigenvalue weighted by molar-refractivity contribution is 0.564. The fourth-order valence-corrected chi connectivity index (χ4v) is 3.98. The first-order chi connectivity index (χ1) is 16.9. The van der Waals surface area contributed by atoms with E-state index in [2.05, 4.69) is 84.1 Å². The smallest absolute Gasteiger partial charge is 0.0934 e. The van der Waals surface area contributed by atoms with Crippen LogP contribution in [0.1, 0.15) is 118 Å². The Kier molecular flexibility index (Phi) is 17.5. The van der Waals surface area contributed by atoms with E-state index in [9.17, 15) is 0 Å². The average molecular weight is 477 g/mol. The molecule has 0 aromatic carbocycles. The summed E-state index contributed by atoms with van der Waals surface area (Å²) in [6, 6.07) is 2.04. The van der Waals surface area contributed by atoms with E-state index in [0.717, 1.165) is 32.1 Å². The molecule has 194 valence electrons. The molecule has 0 atom stereocenters. The van der Waals surface area contributed by atoms with Gasteiger partial charge in [-0.1, -0.05) is 70.4 Å². The predicted octanol–water partition coefficient (Wildman–Crippen LogP) is 11.4. The number of unbranched alkanes of at least 4 members (excludes halogenated alkanes) is 1. The summed E-state index contributed by atoms with van der Waals surface area (Å²) in [6.07, 6.45) is 34.1. The van der Waals surface area contributed by atoms with Crippen LogP contribution in [-0.4, -0.2) is 0 Å². The van der Waals surface area contributed by atoms with Crippen molar-refractivity contribution in [3.8, 4) is 0 Å². The number of allylic oxidation sites excluding steroid dienone is 12. The molecule has 0 saturated carbocycles. The van der Waals surface area contributed by atoms with Gasteiger partial charge < -0.3 is 4.42 Å². The zero-order valence-corrected chi connectivity index (χ0v) is 23.7. The first-order valence-electron chi connectivity index (χ1n) is 13.8. The van der Waals surface area contributed by atoms with E-state index >= 15 is 0 Å². The maximum Gasteiger partial charge on any atom is 0.0934 e. The fraction of sp³-hybridized carbons (Fsp3) is 0.529. The Hall–Kier alpha value is -2.28. The molecule has 1 aromatic heterocycles. The monoisotopic (exact) mass is 476 g/mol. The van der Waals surface area contributed by atoms with Gasteiger partial charge in [0.05, 0.1) is 12.5 Å². The number of rotatable bonds is 18. The van der Waals surface area contributed by atoms with Gasteiger partial charge in [-0.05, 0) is 130 Å². The van der Waals surface area contributed by atoms with Crippen molar-refractivity contribution in [2.75, 3.05) is 0 Å². The largest absolute Gasteiger partial charge is 0.472 e. The van der Waals surface area contributed by atoms with Gasteiger partial charge in [-0.25, -0.2) is 0 Å². The Morgan fingerprint density at radius 3 is 1.49 bits per heavy atom. The maximum absolute atomic E-state index is 5.10. The molecule has 0 bridgehead atoms. The summed E-state index contributed by atoms with van der Waals surface area (Å²) in [7, 11) is 0. The highest BCUT2D eigenvalue weighted by molar-refractivity contribution is 5.09. The average Bonchev–Trinajstić information content (AvgIpc) is 3.32. The maximum atomic E-state index is 5.10. The summed E-state index contributed by atoms with van der Waals surface area (Å²) in [5.74, 6) is 0. The first kappa shape index (κ1) is 30.8. The van der Waals surface area contributed by atoms with Crippen LogP contribution in [-0.2, 0) is 6.42 Å². The van der Waals surface area contributed by atoms with Gasteiger partial charge in [0.25, 0.3) is 0 Å². The number of aryl methyl sites for hydroxylation is 1. The van der Waals surface area contributed by atoms with E-state index in [1.165, 1.54) is 78.4 Å². The molecule has 0 unspecified atom stereocenters. The number of hydrogen-bond donors (Lipinski definition) is 0. The van der Waals surface area contributed by atoms with Gasteiger partial charge in [0, 0.05) is 0 Å². The van der Waals surface area contributed by atoms with E-state index in [1.807, 2.05) is 12.3 Å². The van der Waals surface area contributed by atoms with Gasteiger partial charge in [0.2, 0.25) is 0 Å². The van der Waals surface area contributed by atoms with Gasteiger partial charge in [0.1, 0.15) is 0 Å². The molecule has 0 fully saturated rings. The van der Waals surface area contributed by atoms with Crippen molar-refractivity contribution in [2.24, 2.45) is 0 Å². The molecule has 35 heavy (non-hydrogen) atoms. The molecular weight excluding hydrogens is 424 g/mol. The Labute approximate surface area is 217 Å². The zero-order valence-electron chi connectivity index (χ0n) is 23.7. The van der Waals surface area contributed by atoms with Gasteiger partial charge in [-0.3, -0.25) is 0 Å². The Bertz CT molecular complexity index is 848. The lowest BCUT2D eigenvalue weighted by Crippen LogP contribution is -1.83. The Morgan fingerprint density at radius 1 is 0.571 bits per heavy atom. The van der Waals surface area contributed by atoms with Crippen molar-refractivity contribution in [3.63, 3.8) is 0 Å². The summed E-state index contributed by atoms with van der Waals surface area (Å²) in [6.45, 7) is 13.5. The Morgan fingerprint density at radius 2 is 1.03 bits per heavy atom. The first-order valence-corrected chi connectivity index (χ1v) is 13.8. The molecule has 1 rings (SSSR count). The highest BCUT2D eigenvalue weighted by Gasteiger charge is 1.95. The molecule has 0 aliphatic carbocycles. The van der Waals surface area contributed by atoms with E-state index in [-0.39, 0.29) is 0 Å². The summed E-state index contributed by atoms with van der Waals surface area (Å²) >= 11 is 0. The summed E-state index contributed by atoms with van der Waals surface area (Å²) in [5.41, 5.74) is 8.80. The van der Waals surface area contributed by atoms with E-state index in [0.29, 0.717) is 0 Å². The van der Waals surface area contributed by atoms with Crippen LogP contribution in [0.25, 0.3) is 0 Å². The van der Waals surface area contributed by atoms with E-state index < -0.39 is 0 Å². The second kappa shape index (κ2) is 20.0. The van der Waals surface area contributed by atoms with Crippen molar-refractivity contribution in [3.05, 3.63) is 94.6 Å². The quantitative estimate of drug-likeness (QED) is 0.152. The van der Waals surface area contributed by atoms with Crippen LogP contribution in [0.2, 0.25) is 0 Å². The second-order valence-electron chi connectivity index (χ2n) is 10.4.